The van der Waals surface area contributed by atoms with Crippen molar-refractivity contribution in [3.63, 3.8) is 0 Å². The van der Waals surface area contributed by atoms with Crippen molar-refractivity contribution in [2.24, 2.45) is 0 Å². The molecule has 1 heterocycles. The van der Waals surface area contributed by atoms with E-state index in [-0.39, 0.29) is 5.56 Å². The van der Waals surface area contributed by atoms with Gasteiger partial charge in [-0.05, 0) is 60.5 Å². The van der Waals surface area contributed by atoms with Gasteiger partial charge in [-0.15, -0.1) is 0 Å². The van der Waals surface area contributed by atoms with Crippen LogP contribution in [0, 0.1) is 6.92 Å². The van der Waals surface area contributed by atoms with E-state index in [1.165, 1.54) is 0 Å². The van der Waals surface area contributed by atoms with Gasteiger partial charge < -0.3 is 9.15 Å². The molecular formula is C23H14Cl2O4. The summed E-state index contributed by atoms with van der Waals surface area (Å²) < 4.78 is 10.9. The predicted molar refractivity (Wildman–Crippen MR) is 114 cm³/mol. The molecule has 0 bridgehead atoms. The second-order valence-corrected chi connectivity index (χ2v) is 7.27. The van der Waals surface area contributed by atoms with E-state index in [4.69, 9.17) is 32.4 Å². The quantitative estimate of drug-likeness (QED) is 0.220. The minimum absolute atomic E-state index is 0.271. The number of rotatable bonds is 3. The Balaban J connectivity index is 1.77. The highest BCUT2D eigenvalue weighted by molar-refractivity contribution is 6.33. The molecule has 0 aliphatic rings. The number of ether oxygens (including phenoxy) is 1. The Hall–Kier alpha value is -3.08. The van der Waals surface area contributed by atoms with Crippen molar-refractivity contribution in [1.82, 2.24) is 0 Å². The third-order valence-corrected chi connectivity index (χ3v) is 5.16. The van der Waals surface area contributed by atoms with E-state index in [2.05, 4.69) is 0 Å². The number of hydrogen-bond donors (Lipinski definition) is 0. The number of benzene rings is 3. The zero-order chi connectivity index (χ0) is 20.5. The van der Waals surface area contributed by atoms with Gasteiger partial charge in [0.15, 0.2) is 0 Å². The zero-order valence-electron chi connectivity index (χ0n) is 15.2. The van der Waals surface area contributed by atoms with Crippen LogP contribution < -0.4 is 10.4 Å². The molecule has 0 saturated carbocycles. The molecule has 0 saturated heterocycles. The minimum atomic E-state index is -0.567. The summed E-state index contributed by atoms with van der Waals surface area (Å²) in [7, 11) is 0. The summed E-state index contributed by atoms with van der Waals surface area (Å²) in [5.41, 5.74) is 2.08. The summed E-state index contributed by atoms with van der Waals surface area (Å²) in [6.07, 6.45) is 0. The highest BCUT2D eigenvalue weighted by Gasteiger charge is 2.16. The second-order valence-electron chi connectivity index (χ2n) is 6.42. The van der Waals surface area contributed by atoms with Crippen LogP contribution in [0.15, 0.2) is 75.9 Å². The van der Waals surface area contributed by atoms with Crippen LogP contribution in [0.2, 0.25) is 10.0 Å². The van der Waals surface area contributed by atoms with Gasteiger partial charge in [-0.2, -0.15) is 0 Å². The minimum Gasteiger partial charge on any atom is -0.423 e. The molecule has 0 aliphatic carbocycles. The molecule has 0 radical (unpaired) electrons. The number of halogens is 2. The highest BCUT2D eigenvalue weighted by Crippen LogP contribution is 2.30. The Kier molecular flexibility index (Phi) is 5.14. The smallest absolute Gasteiger partial charge is 0.345 e. The van der Waals surface area contributed by atoms with Gasteiger partial charge in [0, 0.05) is 10.4 Å². The normalized spacial score (nSPS) is 10.9. The molecule has 0 N–H and O–H groups in total. The van der Waals surface area contributed by atoms with E-state index < -0.39 is 11.6 Å². The predicted octanol–water partition coefficient (Wildman–Crippen LogP) is 6.29. The number of carbonyl (C=O) groups excluding carboxylic acids is 1. The molecule has 4 aromatic rings. The average Bonchev–Trinajstić information content (AvgIpc) is 2.70. The number of aryl methyl sites for hydroxylation is 1. The number of carbonyl (C=O) groups is 1. The maximum Gasteiger partial charge on any atom is 0.345 e. The maximum absolute atomic E-state index is 12.5. The summed E-state index contributed by atoms with van der Waals surface area (Å²) in [6, 6.07) is 18.4. The molecule has 4 rings (SSSR count). The molecule has 6 heteroatoms. The number of fused-ring (bicyclic) bond motifs is 1. The number of hydrogen-bond acceptors (Lipinski definition) is 4. The van der Waals surface area contributed by atoms with Crippen LogP contribution in [0.3, 0.4) is 0 Å². The van der Waals surface area contributed by atoms with Gasteiger partial charge in [-0.25, -0.2) is 9.59 Å². The maximum atomic E-state index is 12.5. The fraction of sp³-hybridized carbons (Fsp3) is 0.0435. The Morgan fingerprint density at radius 1 is 0.966 bits per heavy atom. The second kappa shape index (κ2) is 7.74. The summed E-state index contributed by atoms with van der Waals surface area (Å²) in [5, 5.41) is 1.55. The van der Waals surface area contributed by atoms with E-state index in [1.807, 2.05) is 6.92 Å². The molecule has 144 valence electrons. The van der Waals surface area contributed by atoms with Crippen LogP contribution in [0.5, 0.6) is 5.75 Å². The first-order valence-electron chi connectivity index (χ1n) is 8.74. The van der Waals surface area contributed by atoms with Crippen molar-refractivity contribution in [3.05, 3.63) is 98.3 Å². The van der Waals surface area contributed by atoms with Crippen molar-refractivity contribution in [2.45, 2.75) is 6.92 Å². The molecular weight excluding hydrogens is 411 g/mol. The van der Waals surface area contributed by atoms with E-state index in [0.29, 0.717) is 43.5 Å². The Labute approximate surface area is 176 Å². The number of esters is 1. The molecule has 0 spiro atoms. The summed E-state index contributed by atoms with van der Waals surface area (Å²) in [5.74, 6) is -0.246. The first-order valence-corrected chi connectivity index (χ1v) is 9.50. The van der Waals surface area contributed by atoms with Gasteiger partial charge in [0.05, 0.1) is 16.1 Å². The molecule has 0 unspecified atom stereocenters. The lowest BCUT2D eigenvalue weighted by molar-refractivity contribution is 0.0735. The van der Waals surface area contributed by atoms with E-state index in [1.54, 1.807) is 66.7 Å². The van der Waals surface area contributed by atoms with Crippen molar-refractivity contribution >= 4 is 40.1 Å². The SMILES string of the molecule is Cc1c(-c2ccc(Cl)cc2)c(=O)oc2ccc(OC(=O)c3ccccc3Cl)cc12. The standard InChI is InChI=1S/C23H14Cl2O4/c1-13-18-12-16(28-22(26)17-4-2-3-5-19(17)25)10-11-20(18)29-23(27)21(13)14-6-8-15(24)9-7-14/h2-12H,1H3. The van der Waals surface area contributed by atoms with Crippen molar-refractivity contribution in [1.29, 1.82) is 0 Å². The van der Waals surface area contributed by atoms with Gasteiger partial charge in [0.1, 0.15) is 11.3 Å². The average molecular weight is 425 g/mol. The molecule has 29 heavy (non-hydrogen) atoms. The van der Waals surface area contributed by atoms with Crippen LogP contribution in [-0.2, 0) is 0 Å². The van der Waals surface area contributed by atoms with Crippen LogP contribution >= 0.6 is 23.2 Å². The van der Waals surface area contributed by atoms with Crippen LogP contribution in [0.4, 0.5) is 0 Å². The first kappa shape index (κ1) is 19.2. The summed E-state index contributed by atoms with van der Waals surface area (Å²) in [4.78, 5) is 25.0. The summed E-state index contributed by atoms with van der Waals surface area (Å²) in [6.45, 7) is 1.82. The largest absolute Gasteiger partial charge is 0.423 e. The van der Waals surface area contributed by atoms with Crippen molar-refractivity contribution in [2.75, 3.05) is 0 Å². The van der Waals surface area contributed by atoms with Gasteiger partial charge in [0.2, 0.25) is 0 Å². The topological polar surface area (TPSA) is 56.5 Å². The molecule has 0 atom stereocenters. The third kappa shape index (κ3) is 3.77. The molecule has 1 aromatic heterocycles. The molecule has 3 aromatic carbocycles. The Morgan fingerprint density at radius 2 is 1.69 bits per heavy atom. The molecule has 0 fully saturated rings. The molecule has 0 amide bonds. The Bertz CT molecular complexity index is 1290. The fourth-order valence-electron chi connectivity index (χ4n) is 3.13. The highest BCUT2D eigenvalue weighted by atomic mass is 35.5. The van der Waals surface area contributed by atoms with Gasteiger partial charge >= 0.3 is 11.6 Å². The van der Waals surface area contributed by atoms with Crippen molar-refractivity contribution in [3.8, 4) is 16.9 Å². The van der Waals surface area contributed by atoms with E-state index in [9.17, 15) is 9.59 Å². The van der Waals surface area contributed by atoms with Crippen LogP contribution in [0.25, 0.3) is 22.1 Å². The van der Waals surface area contributed by atoms with Gasteiger partial charge in [-0.3, -0.25) is 0 Å². The first-order chi connectivity index (χ1) is 13.9. The zero-order valence-corrected chi connectivity index (χ0v) is 16.8. The van der Waals surface area contributed by atoms with Crippen LogP contribution in [-0.4, -0.2) is 5.97 Å². The lowest BCUT2D eigenvalue weighted by Gasteiger charge is -2.10. The van der Waals surface area contributed by atoms with E-state index in [0.717, 1.165) is 0 Å². The monoisotopic (exact) mass is 424 g/mol. The Morgan fingerprint density at radius 3 is 2.41 bits per heavy atom. The van der Waals surface area contributed by atoms with Gasteiger partial charge in [0.25, 0.3) is 0 Å². The van der Waals surface area contributed by atoms with E-state index >= 15 is 0 Å². The van der Waals surface area contributed by atoms with Crippen molar-refractivity contribution < 1.29 is 13.9 Å². The lowest BCUT2D eigenvalue weighted by atomic mass is 9.99. The third-order valence-electron chi connectivity index (χ3n) is 4.57. The fourth-order valence-corrected chi connectivity index (χ4v) is 3.47. The summed E-state index contributed by atoms with van der Waals surface area (Å²) >= 11 is 12.0. The molecule has 0 aliphatic heterocycles. The van der Waals surface area contributed by atoms with Crippen LogP contribution in [0.1, 0.15) is 15.9 Å². The van der Waals surface area contributed by atoms with Gasteiger partial charge in [-0.1, -0.05) is 47.5 Å². The molecule has 4 nitrogen and oxygen atoms in total. The lowest BCUT2D eigenvalue weighted by Crippen LogP contribution is -2.09.